The molecule has 0 saturated carbocycles. The zero-order valence-corrected chi connectivity index (χ0v) is 14.1. The second-order valence-corrected chi connectivity index (χ2v) is 11.5. The van der Waals surface area contributed by atoms with E-state index in [9.17, 15) is 0 Å². The Kier molecular flexibility index (Phi) is 4.61. The van der Waals surface area contributed by atoms with Crippen LogP contribution in [-0.2, 0) is 21.6 Å². The Morgan fingerprint density at radius 3 is 2.33 bits per heavy atom. The first-order valence-corrected chi connectivity index (χ1v) is 11.3. The standard InChI is InChI=1S/C7H7.C6H5.C5H9O.H2N.Ti/c1-7-5-3-2-4-6-7;1-2-4-6-5-3-1;1-5-3-2-4-6-5;;/h3-6H,1H3;1-5H;5H,1-4H2;1H2;/q;;;-1;+1. The number of ether oxygens (including phenoxy) is 1. The fourth-order valence-electron chi connectivity index (χ4n) is 3.15. The van der Waals surface area contributed by atoms with Crippen molar-refractivity contribution in [3.63, 3.8) is 0 Å². The molecule has 2 unspecified atom stereocenters. The van der Waals surface area contributed by atoms with Crippen LogP contribution in [0.25, 0.3) is 0 Å². The molecule has 110 valence electrons. The molecule has 2 atom stereocenters. The van der Waals surface area contributed by atoms with Gasteiger partial charge in [-0.3, -0.25) is 0 Å². The molecule has 1 aliphatic rings. The van der Waals surface area contributed by atoms with Gasteiger partial charge >= 0.3 is 131 Å². The topological polar surface area (TPSA) is 35.2 Å². The van der Waals surface area contributed by atoms with Crippen molar-refractivity contribution in [1.82, 2.24) is 0 Å². The van der Waals surface area contributed by atoms with E-state index in [4.69, 9.17) is 8.95 Å². The number of nitrogens with two attached hydrogens (primary N) is 1. The van der Waals surface area contributed by atoms with Crippen LogP contribution in [0.3, 0.4) is 0 Å². The Bertz CT molecular complexity index is 578. The Morgan fingerprint density at radius 2 is 1.71 bits per heavy atom. The Balaban J connectivity index is 1.99. The summed E-state index contributed by atoms with van der Waals surface area (Å²) in [6, 6.07) is 19.5. The van der Waals surface area contributed by atoms with Crippen LogP contribution >= 0.6 is 0 Å². The van der Waals surface area contributed by atoms with Crippen LogP contribution in [0.5, 0.6) is 0 Å². The van der Waals surface area contributed by atoms with Crippen LogP contribution in [0.1, 0.15) is 18.4 Å². The van der Waals surface area contributed by atoms with E-state index in [1.54, 1.807) is 0 Å². The first kappa shape index (κ1) is 15.0. The van der Waals surface area contributed by atoms with Gasteiger partial charge < -0.3 is 0 Å². The third-order valence-corrected chi connectivity index (χ3v) is 10.4. The van der Waals surface area contributed by atoms with Crippen molar-refractivity contribution in [1.29, 1.82) is 0 Å². The van der Waals surface area contributed by atoms with Gasteiger partial charge in [-0.05, 0) is 0 Å². The van der Waals surface area contributed by atoms with Crippen LogP contribution in [-0.4, -0.2) is 12.7 Å². The summed E-state index contributed by atoms with van der Waals surface area (Å²) in [6.45, 7) is 3.02. The molecule has 2 N–H and O–H groups in total. The van der Waals surface area contributed by atoms with Crippen LogP contribution in [0.15, 0.2) is 54.6 Å². The van der Waals surface area contributed by atoms with E-state index in [2.05, 4.69) is 61.5 Å². The van der Waals surface area contributed by atoms with E-state index in [0.29, 0.717) is 6.10 Å². The maximum atomic E-state index is 7.08. The zero-order valence-electron chi connectivity index (χ0n) is 12.6. The molecule has 0 spiro atoms. The molecule has 1 heterocycles. The summed E-state index contributed by atoms with van der Waals surface area (Å²) in [6.07, 6.45) is 2.67. The Hall–Kier alpha value is -0.926. The summed E-state index contributed by atoms with van der Waals surface area (Å²) in [7, 11) is 0. The predicted molar refractivity (Wildman–Crippen MR) is 84.9 cm³/mol. The molecule has 0 aliphatic carbocycles. The molecular formula is C18H23NOTi. The summed E-state index contributed by atoms with van der Waals surface area (Å²) in [5.74, 6) is 0. The van der Waals surface area contributed by atoms with E-state index in [1.807, 2.05) is 0 Å². The summed E-state index contributed by atoms with van der Waals surface area (Å²) in [4.78, 5) is 0. The first-order valence-electron chi connectivity index (χ1n) is 7.72. The number of hydrogen-bond donors (Lipinski definition) is 1. The predicted octanol–water partition coefficient (Wildman–Crippen LogP) is 2.57. The van der Waals surface area contributed by atoms with Crippen molar-refractivity contribution in [2.45, 2.75) is 30.6 Å². The van der Waals surface area contributed by atoms with E-state index in [0.717, 1.165) is 17.8 Å². The van der Waals surface area contributed by atoms with Crippen LogP contribution in [0, 0.1) is 6.92 Å². The fraction of sp³-hybridized carbons (Fsp3) is 0.333. The number of benzene rings is 2. The zero-order chi connectivity index (χ0) is 14.7. The Labute approximate surface area is 131 Å². The quantitative estimate of drug-likeness (QED) is 0.880. The van der Waals surface area contributed by atoms with Crippen molar-refractivity contribution in [2.75, 3.05) is 6.61 Å². The molecule has 1 saturated heterocycles. The van der Waals surface area contributed by atoms with Crippen molar-refractivity contribution in [2.24, 2.45) is 4.22 Å². The van der Waals surface area contributed by atoms with Gasteiger partial charge in [0.15, 0.2) is 0 Å². The second-order valence-electron chi connectivity index (χ2n) is 6.04. The molecule has 3 heteroatoms. The van der Waals surface area contributed by atoms with Crippen molar-refractivity contribution >= 4 is 7.74 Å². The average molecular weight is 317 g/mol. The van der Waals surface area contributed by atoms with Crippen molar-refractivity contribution in [3.8, 4) is 0 Å². The number of aryl methyl sites for hydroxylation is 1. The SMILES string of the molecule is Cc1cc[c]([Ti]([NH2])([CH2]C2CCCO2)[c]2ccccc2)cc1. The Morgan fingerprint density at radius 1 is 1.05 bits per heavy atom. The van der Waals surface area contributed by atoms with Gasteiger partial charge in [0.05, 0.1) is 0 Å². The van der Waals surface area contributed by atoms with E-state index in [-0.39, 0.29) is 0 Å². The molecule has 1 aliphatic heterocycles. The third kappa shape index (κ3) is 3.30. The van der Waals surface area contributed by atoms with Gasteiger partial charge in [-0.15, -0.1) is 0 Å². The molecule has 0 aromatic heterocycles. The van der Waals surface area contributed by atoms with Crippen LogP contribution in [0.2, 0.25) is 4.73 Å². The first-order chi connectivity index (χ1) is 10.2. The summed E-state index contributed by atoms with van der Waals surface area (Å²) in [5, 5.41) is 0. The van der Waals surface area contributed by atoms with Crippen molar-refractivity contribution in [3.05, 3.63) is 60.2 Å². The fourth-order valence-corrected chi connectivity index (χ4v) is 8.45. The summed E-state index contributed by atoms with van der Waals surface area (Å²) in [5.41, 5.74) is 1.29. The minimum atomic E-state index is -2.82. The molecular weight excluding hydrogens is 294 g/mol. The monoisotopic (exact) mass is 317 g/mol. The molecule has 3 rings (SSSR count). The van der Waals surface area contributed by atoms with Gasteiger partial charge in [0.2, 0.25) is 0 Å². The summed E-state index contributed by atoms with van der Waals surface area (Å²) < 4.78 is 16.7. The molecule has 0 amide bonds. The third-order valence-electron chi connectivity index (χ3n) is 4.43. The summed E-state index contributed by atoms with van der Waals surface area (Å²) >= 11 is -2.82. The molecule has 2 aromatic carbocycles. The average Bonchev–Trinajstić information content (AvgIpc) is 3.01. The van der Waals surface area contributed by atoms with Gasteiger partial charge in [-0.25, -0.2) is 0 Å². The molecule has 1 fully saturated rings. The number of rotatable bonds is 4. The van der Waals surface area contributed by atoms with Gasteiger partial charge in [0, 0.05) is 0 Å². The van der Waals surface area contributed by atoms with Crippen LogP contribution < -0.4 is 12.0 Å². The van der Waals surface area contributed by atoms with E-state index in [1.165, 1.54) is 19.7 Å². The number of hydrogen-bond acceptors (Lipinski definition) is 2. The maximum absolute atomic E-state index is 7.08. The molecule has 0 bridgehead atoms. The van der Waals surface area contributed by atoms with Crippen molar-refractivity contribution < 1.29 is 21.6 Å². The minimum absolute atomic E-state index is 0.344. The molecule has 21 heavy (non-hydrogen) atoms. The second kappa shape index (κ2) is 6.45. The van der Waals surface area contributed by atoms with Crippen LogP contribution in [0.4, 0.5) is 0 Å². The van der Waals surface area contributed by atoms with Gasteiger partial charge in [0.1, 0.15) is 0 Å². The normalized spacial score (nSPS) is 21.1. The molecule has 2 aromatic rings. The van der Waals surface area contributed by atoms with Gasteiger partial charge in [-0.2, -0.15) is 0 Å². The molecule has 0 radical (unpaired) electrons. The molecule has 2 nitrogen and oxygen atoms in total. The van der Waals surface area contributed by atoms with Gasteiger partial charge in [-0.1, -0.05) is 0 Å². The van der Waals surface area contributed by atoms with E-state index >= 15 is 0 Å². The van der Waals surface area contributed by atoms with Gasteiger partial charge in [0.25, 0.3) is 0 Å². The van der Waals surface area contributed by atoms with E-state index < -0.39 is 16.8 Å².